The van der Waals surface area contributed by atoms with E-state index >= 15 is 0 Å². The van der Waals surface area contributed by atoms with Crippen molar-refractivity contribution in [1.29, 1.82) is 0 Å². The highest BCUT2D eigenvalue weighted by atomic mass is 16.5. The Balaban J connectivity index is 0.00000192. The Morgan fingerprint density at radius 2 is 1.46 bits per heavy atom. The number of carbonyl (C=O) groups is 4. The first kappa shape index (κ1) is 46.9. The highest BCUT2D eigenvalue weighted by Crippen LogP contribution is 2.65. The third kappa shape index (κ3) is 13.2. The molecular weight excluding hydrogens is 679 g/mol. The molecule has 0 aromatic rings. The Morgan fingerprint density at radius 3 is 2.00 bits per heavy atom. The lowest BCUT2D eigenvalue weighted by atomic mass is 9.82. The van der Waals surface area contributed by atoms with E-state index in [0.717, 1.165) is 69.9 Å². The zero-order valence-corrected chi connectivity index (χ0v) is 35.3. The lowest BCUT2D eigenvalue weighted by Crippen LogP contribution is -2.57. The second kappa shape index (κ2) is 23.6. The van der Waals surface area contributed by atoms with Crippen LogP contribution in [0, 0.1) is 29.1 Å². The summed E-state index contributed by atoms with van der Waals surface area (Å²) in [6, 6.07) is -1.84. The summed E-state index contributed by atoms with van der Waals surface area (Å²) in [5.74, 6) is 0.162. The number of likely N-dealkylation sites (tertiary alicyclic amines) is 1. The maximum atomic E-state index is 14.3. The van der Waals surface area contributed by atoms with E-state index in [1.54, 1.807) is 6.08 Å². The van der Waals surface area contributed by atoms with E-state index in [9.17, 15) is 19.2 Å². The van der Waals surface area contributed by atoms with Crippen LogP contribution in [-0.2, 0) is 19.1 Å². The molecule has 0 bridgehead atoms. The molecule has 1 saturated heterocycles. The maximum absolute atomic E-state index is 14.3. The summed E-state index contributed by atoms with van der Waals surface area (Å²) < 4.78 is 5.40. The topological polar surface area (TPSA) is 129 Å². The van der Waals surface area contributed by atoms with Gasteiger partial charge in [0.15, 0.2) is 0 Å². The lowest BCUT2D eigenvalue weighted by Gasteiger charge is -2.41. The highest BCUT2D eigenvalue weighted by molar-refractivity contribution is 5.95. The fraction of sp³-hybridized carbons (Fsp3) is 0.773. The lowest BCUT2D eigenvalue weighted by molar-refractivity contribution is -0.142. The van der Waals surface area contributed by atoms with Crippen molar-refractivity contribution in [1.82, 2.24) is 26.2 Å². The molecule has 6 atom stereocenters. The molecule has 4 aliphatic rings. The van der Waals surface area contributed by atoms with Crippen LogP contribution in [0.5, 0.6) is 0 Å². The van der Waals surface area contributed by atoms with Gasteiger partial charge in [-0.3, -0.25) is 14.4 Å². The quantitative estimate of drug-likeness (QED) is 0.0674. The number of piperidine rings is 1. The number of fused-ring (bicyclic) bond motifs is 1. The van der Waals surface area contributed by atoms with E-state index in [-0.39, 0.29) is 65.7 Å². The smallest absolute Gasteiger partial charge is 0.315 e. The predicted octanol–water partition coefficient (Wildman–Crippen LogP) is 8.19. The number of nitrogens with zero attached hydrogens (tertiary/aromatic N) is 1. The molecule has 1 aliphatic heterocycles. The largest absolute Gasteiger partial charge is 0.464 e. The van der Waals surface area contributed by atoms with Gasteiger partial charge in [0.1, 0.15) is 12.6 Å². The summed E-state index contributed by atoms with van der Waals surface area (Å²) in [5, 5.41) is 12.5. The Hall–Kier alpha value is -3.30. The number of esters is 1. The van der Waals surface area contributed by atoms with Gasteiger partial charge in [-0.15, -0.1) is 6.58 Å². The van der Waals surface area contributed by atoms with Crippen molar-refractivity contribution in [2.24, 2.45) is 29.1 Å². The van der Waals surface area contributed by atoms with Crippen molar-refractivity contribution in [3.63, 3.8) is 0 Å². The Labute approximate surface area is 328 Å². The summed E-state index contributed by atoms with van der Waals surface area (Å²) in [7, 11) is 0. The number of carbonyl (C=O) groups excluding carboxylic acids is 4. The fourth-order valence-corrected chi connectivity index (χ4v) is 8.83. The van der Waals surface area contributed by atoms with Gasteiger partial charge >= 0.3 is 12.0 Å². The van der Waals surface area contributed by atoms with Crippen LogP contribution < -0.4 is 21.3 Å². The molecular formula is C44H77N5O5. The molecule has 308 valence electrons. The van der Waals surface area contributed by atoms with Crippen LogP contribution in [0.1, 0.15) is 145 Å². The van der Waals surface area contributed by atoms with Crippen molar-refractivity contribution in [3.05, 3.63) is 37.1 Å². The molecule has 0 aromatic carbocycles. The summed E-state index contributed by atoms with van der Waals surface area (Å²) in [5.41, 5.74) is 1.12. The van der Waals surface area contributed by atoms with E-state index in [2.05, 4.69) is 80.5 Å². The molecule has 0 spiro atoms. The number of unbranched alkanes of at least 4 members (excludes halogenated alkanes) is 1. The predicted molar refractivity (Wildman–Crippen MR) is 221 cm³/mol. The Bertz CT molecular complexity index is 1240. The minimum absolute atomic E-state index is 0.00507. The zero-order valence-electron chi connectivity index (χ0n) is 35.3. The van der Waals surface area contributed by atoms with Crippen molar-refractivity contribution < 1.29 is 23.9 Å². The third-order valence-corrected chi connectivity index (χ3v) is 11.9. The number of ether oxygens (including phenoxy) is 1. The molecule has 10 heteroatoms. The van der Waals surface area contributed by atoms with Gasteiger partial charge in [0.25, 0.3) is 0 Å². The molecule has 4 unspecified atom stereocenters. The van der Waals surface area contributed by atoms with Crippen LogP contribution in [0.2, 0.25) is 0 Å². The van der Waals surface area contributed by atoms with Crippen molar-refractivity contribution in [3.8, 4) is 0 Å². The molecule has 0 radical (unpaired) electrons. The average Bonchev–Trinajstić information content (AvgIpc) is 3.46. The highest BCUT2D eigenvalue weighted by Gasteiger charge is 2.69. The first-order valence-corrected chi connectivity index (χ1v) is 21.4. The minimum atomic E-state index is -0.486. The van der Waals surface area contributed by atoms with E-state index in [1.165, 1.54) is 26.2 Å². The van der Waals surface area contributed by atoms with E-state index in [1.807, 2.05) is 13.8 Å². The standard InChI is InChI=1S/C39H63N5O5.C3H8.C2H6/c1-8-10-21-31(25(3)36(46)40-22-9-2)41-37(47)35-33-30(39(33,6)7)23-44(35)26(4)34(29-19-15-12-16-20-29)43-38(48)42-32(24-49-27(5)45)28-17-13-11-14-18-28;1-3-2;1-2/h9,28-35H,2-4,8,10-24H2,1,5-7H3,(H,40,46)(H,41,47)(H2,42,43,48);3H2,1-2H3;1-2H3/t30-,31?,32?,33-,34?,35?;;/m0../s1. The number of rotatable bonds is 17. The number of nitrogens with one attached hydrogen (secondary N) is 4. The first-order chi connectivity index (χ1) is 25.8. The van der Waals surface area contributed by atoms with Gasteiger partial charge in [0, 0.05) is 31.3 Å². The summed E-state index contributed by atoms with van der Waals surface area (Å²) in [4.78, 5) is 54.9. The van der Waals surface area contributed by atoms with Crippen LogP contribution in [-0.4, -0.2) is 72.6 Å². The second-order valence-corrected chi connectivity index (χ2v) is 16.3. The van der Waals surface area contributed by atoms with Gasteiger partial charge in [-0.05, 0) is 61.2 Å². The molecule has 1 heterocycles. The summed E-state index contributed by atoms with van der Waals surface area (Å²) in [6.45, 7) is 29.7. The molecule has 0 aromatic heterocycles. The van der Waals surface area contributed by atoms with Crippen LogP contribution in [0.4, 0.5) is 4.79 Å². The molecule has 3 saturated carbocycles. The molecule has 4 amide bonds. The molecule has 4 N–H and O–H groups in total. The van der Waals surface area contributed by atoms with E-state index in [4.69, 9.17) is 4.74 Å². The van der Waals surface area contributed by atoms with Crippen LogP contribution in [0.3, 0.4) is 0 Å². The molecule has 3 aliphatic carbocycles. The van der Waals surface area contributed by atoms with Gasteiger partial charge in [-0.2, -0.15) is 0 Å². The maximum Gasteiger partial charge on any atom is 0.315 e. The fourth-order valence-electron chi connectivity index (χ4n) is 8.83. The van der Waals surface area contributed by atoms with Crippen LogP contribution in [0.25, 0.3) is 0 Å². The molecule has 4 fully saturated rings. The van der Waals surface area contributed by atoms with Gasteiger partial charge in [0.2, 0.25) is 11.8 Å². The number of hydrogen-bond acceptors (Lipinski definition) is 6. The zero-order chi connectivity index (χ0) is 40.4. The average molecular weight is 756 g/mol. The monoisotopic (exact) mass is 756 g/mol. The van der Waals surface area contributed by atoms with E-state index in [0.29, 0.717) is 31.0 Å². The van der Waals surface area contributed by atoms with Gasteiger partial charge in [0.05, 0.1) is 18.1 Å². The van der Waals surface area contributed by atoms with Crippen LogP contribution >= 0.6 is 0 Å². The van der Waals surface area contributed by atoms with Gasteiger partial charge in [-0.25, -0.2) is 4.79 Å². The number of hydrogen-bond donors (Lipinski definition) is 4. The van der Waals surface area contributed by atoms with Crippen molar-refractivity contribution in [2.45, 2.75) is 169 Å². The molecule has 54 heavy (non-hydrogen) atoms. The van der Waals surface area contributed by atoms with Crippen molar-refractivity contribution in [2.75, 3.05) is 19.7 Å². The number of amides is 4. The second-order valence-electron chi connectivity index (χ2n) is 16.3. The normalized spacial score (nSPS) is 23.3. The molecule has 10 nitrogen and oxygen atoms in total. The SMILES string of the molecule is C=CCNC(=O)C(=C)C(CCCC)NC(=O)C1[C@@H]2[C@H](CN1C(=C)C(NC(=O)NC(COC(C)=O)C1CCCCC1)C1CCCCC1)C2(C)C.CC.CCC. The third-order valence-electron chi connectivity index (χ3n) is 11.9. The van der Waals surface area contributed by atoms with Gasteiger partial charge in [-0.1, -0.05) is 125 Å². The summed E-state index contributed by atoms with van der Waals surface area (Å²) in [6.07, 6.45) is 16.0. The van der Waals surface area contributed by atoms with Gasteiger partial charge < -0.3 is 30.9 Å². The minimum Gasteiger partial charge on any atom is -0.464 e. The van der Waals surface area contributed by atoms with E-state index < -0.39 is 12.1 Å². The molecule has 4 rings (SSSR count). The van der Waals surface area contributed by atoms with Crippen LogP contribution in [0.15, 0.2) is 37.1 Å². The summed E-state index contributed by atoms with van der Waals surface area (Å²) >= 11 is 0. The Kier molecular flexibility index (Phi) is 20.5. The Morgan fingerprint density at radius 1 is 0.889 bits per heavy atom. The first-order valence-electron chi connectivity index (χ1n) is 21.4. The van der Waals surface area contributed by atoms with Crippen molar-refractivity contribution >= 4 is 23.8 Å². The number of urea groups is 1.